The third-order valence-corrected chi connectivity index (χ3v) is 7.76. The zero-order valence-electron chi connectivity index (χ0n) is 19.4. The maximum Gasteiger partial charge on any atom is 0.229 e. The summed E-state index contributed by atoms with van der Waals surface area (Å²) in [6.45, 7) is 3.98. The van der Waals surface area contributed by atoms with Crippen LogP contribution in [0.25, 0.3) is 0 Å². The van der Waals surface area contributed by atoms with Crippen molar-refractivity contribution in [1.29, 1.82) is 5.26 Å². The first-order valence-electron chi connectivity index (χ1n) is 11.9. The van der Waals surface area contributed by atoms with Gasteiger partial charge < -0.3 is 14.8 Å². The van der Waals surface area contributed by atoms with Crippen LogP contribution in [0.4, 0.5) is 5.00 Å². The van der Waals surface area contributed by atoms with E-state index in [-0.39, 0.29) is 12.3 Å². The average Bonchev–Trinajstić information content (AvgIpc) is 3.16. The number of fused-ring (bicyclic) bond motifs is 1. The van der Waals surface area contributed by atoms with Crippen LogP contribution in [0, 0.1) is 17.2 Å². The standard InChI is InChI=1S/C26H33N3O3S/c1-31-12-13-32-21-9-5-8-20(14-21)15-25(30)28-26-22(16-27)23-18-29(11-10-24(23)33-26)17-19-6-3-2-4-7-19/h5,8-9,14,19H,2-4,6-7,10-13,15,17-18H2,1H3,(H,28,30). The lowest BCUT2D eigenvalue weighted by molar-refractivity contribution is -0.115. The zero-order valence-corrected chi connectivity index (χ0v) is 20.2. The summed E-state index contributed by atoms with van der Waals surface area (Å²) in [7, 11) is 1.64. The lowest BCUT2D eigenvalue weighted by Gasteiger charge is -2.32. The molecule has 6 nitrogen and oxygen atoms in total. The maximum atomic E-state index is 12.8. The van der Waals surface area contributed by atoms with Crippen molar-refractivity contribution in [3.8, 4) is 11.8 Å². The Morgan fingerprint density at radius 1 is 1.27 bits per heavy atom. The highest BCUT2D eigenvalue weighted by Gasteiger charge is 2.27. The summed E-state index contributed by atoms with van der Waals surface area (Å²) in [5.74, 6) is 1.40. The van der Waals surface area contributed by atoms with Gasteiger partial charge >= 0.3 is 0 Å². The van der Waals surface area contributed by atoms with Crippen LogP contribution in [0.15, 0.2) is 24.3 Å². The molecule has 1 aliphatic heterocycles. The first-order valence-corrected chi connectivity index (χ1v) is 12.8. The van der Waals surface area contributed by atoms with E-state index in [9.17, 15) is 10.1 Å². The molecule has 1 N–H and O–H groups in total. The lowest BCUT2D eigenvalue weighted by Crippen LogP contribution is -2.34. The Bertz CT molecular complexity index is 991. The molecule has 7 heteroatoms. The lowest BCUT2D eigenvalue weighted by atomic mass is 9.88. The molecule has 0 saturated heterocycles. The molecule has 0 unspecified atom stereocenters. The van der Waals surface area contributed by atoms with E-state index >= 15 is 0 Å². The van der Waals surface area contributed by atoms with Crippen LogP contribution < -0.4 is 10.1 Å². The number of nitrogens with one attached hydrogen (secondary N) is 1. The van der Waals surface area contributed by atoms with E-state index < -0.39 is 0 Å². The Morgan fingerprint density at radius 3 is 2.91 bits per heavy atom. The molecule has 0 bridgehead atoms. The van der Waals surface area contributed by atoms with Crippen molar-refractivity contribution in [2.75, 3.05) is 38.7 Å². The molecule has 4 rings (SSSR count). The third-order valence-electron chi connectivity index (χ3n) is 6.55. The normalized spacial score (nSPS) is 16.7. The SMILES string of the molecule is COCCOc1cccc(CC(=O)Nc2sc3c(c2C#N)CN(CC2CCCCC2)CC3)c1. The smallest absolute Gasteiger partial charge is 0.229 e. The molecule has 176 valence electrons. The van der Waals surface area contributed by atoms with Crippen molar-refractivity contribution >= 4 is 22.2 Å². The fourth-order valence-corrected chi connectivity index (χ4v) is 6.05. The van der Waals surface area contributed by atoms with Gasteiger partial charge in [0.1, 0.15) is 23.4 Å². The number of nitriles is 1. The van der Waals surface area contributed by atoms with Crippen LogP contribution in [0.1, 0.15) is 53.7 Å². The Labute approximate surface area is 200 Å². The van der Waals surface area contributed by atoms with Crippen molar-refractivity contribution in [1.82, 2.24) is 4.90 Å². The van der Waals surface area contributed by atoms with E-state index in [1.807, 2.05) is 24.3 Å². The van der Waals surface area contributed by atoms with Gasteiger partial charge in [-0.25, -0.2) is 0 Å². The quantitative estimate of drug-likeness (QED) is 0.538. The van der Waals surface area contributed by atoms with Crippen molar-refractivity contribution < 1.29 is 14.3 Å². The number of methoxy groups -OCH3 is 1. The van der Waals surface area contributed by atoms with Crippen LogP contribution in [0.2, 0.25) is 0 Å². The minimum absolute atomic E-state index is 0.113. The minimum Gasteiger partial charge on any atom is -0.491 e. The predicted octanol–water partition coefficient (Wildman–Crippen LogP) is 4.76. The molecule has 0 spiro atoms. The maximum absolute atomic E-state index is 12.8. The zero-order chi connectivity index (χ0) is 23.0. The number of carbonyl (C=O) groups excluding carboxylic acids is 1. The second-order valence-corrected chi connectivity index (χ2v) is 10.1. The number of hydrogen-bond acceptors (Lipinski definition) is 6. The Balaban J connectivity index is 1.37. The van der Waals surface area contributed by atoms with Gasteiger partial charge in [-0.2, -0.15) is 5.26 Å². The van der Waals surface area contributed by atoms with Gasteiger partial charge in [0.15, 0.2) is 0 Å². The number of ether oxygens (including phenoxy) is 2. The summed E-state index contributed by atoms with van der Waals surface area (Å²) >= 11 is 1.57. The van der Waals surface area contributed by atoms with E-state index in [0.717, 1.165) is 48.8 Å². The molecular weight excluding hydrogens is 434 g/mol. The van der Waals surface area contributed by atoms with Crippen LogP contribution >= 0.6 is 11.3 Å². The summed E-state index contributed by atoms with van der Waals surface area (Å²) in [6.07, 6.45) is 7.93. The third kappa shape index (κ3) is 6.35. The summed E-state index contributed by atoms with van der Waals surface area (Å²) in [6, 6.07) is 9.92. The molecule has 0 atom stereocenters. The van der Waals surface area contributed by atoms with Crippen molar-refractivity contribution in [3.05, 3.63) is 45.8 Å². The van der Waals surface area contributed by atoms with E-state index in [1.54, 1.807) is 18.4 Å². The number of rotatable bonds is 9. The van der Waals surface area contributed by atoms with Gasteiger partial charge in [-0.15, -0.1) is 11.3 Å². The van der Waals surface area contributed by atoms with Crippen molar-refractivity contribution in [2.24, 2.45) is 5.92 Å². The Hall–Kier alpha value is -2.40. The molecule has 2 heterocycles. The number of benzene rings is 1. The summed E-state index contributed by atoms with van der Waals surface area (Å²) < 4.78 is 10.6. The van der Waals surface area contributed by atoms with E-state index in [4.69, 9.17) is 9.47 Å². The summed E-state index contributed by atoms with van der Waals surface area (Å²) in [4.78, 5) is 16.5. The minimum atomic E-state index is -0.113. The van der Waals surface area contributed by atoms with Crippen LogP contribution in [0.3, 0.4) is 0 Å². The largest absolute Gasteiger partial charge is 0.491 e. The second-order valence-electron chi connectivity index (χ2n) is 9.02. The van der Waals surface area contributed by atoms with Crippen LogP contribution in [-0.2, 0) is 28.9 Å². The highest BCUT2D eigenvalue weighted by molar-refractivity contribution is 7.16. The summed E-state index contributed by atoms with van der Waals surface area (Å²) in [5.41, 5.74) is 2.64. The summed E-state index contributed by atoms with van der Waals surface area (Å²) in [5, 5.41) is 13.6. The van der Waals surface area contributed by atoms with Gasteiger partial charge in [-0.1, -0.05) is 31.4 Å². The number of amides is 1. The van der Waals surface area contributed by atoms with Crippen molar-refractivity contribution in [3.63, 3.8) is 0 Å². The van der Waals surface area contributed by atoms with Gasteiger partial charge in [-0.05, 0) is 42.9 Å². The highest BCUT2D eigenvalue weighted by atomic mass is 32.1. The van der Waals surface area contributed by atoms with Gasteiger partial charge in [0.05, 0.1) is 18.6 Å². The molecule has 1 fully saturated rings. The molecule has 2 aliphatic rings. The van der Waals surface area contributed by atoms with Gasteiger partial charge in [0.25, 0.3) is 0 Å². The van der Waals surface area contributed by atoms with Gasteiger partial charge in [0.2, 0.25) is 5.91 Å². The van der Waals surface area contributed by atoms with Crippen LogP contribution in [0.5, 0.6) is 5.75 Å². The van der Waals surface area contributed by atoms with Gasteiger partial charge in [-0.3, -0.25) is 9.69 Å². The molecule has 1 aromatic carbocycles. The molecule has 2 aromatic rings. The van der Waals surface area contributed by atoms with E-state index in [1.165, 1.54) is 37.0 Å². The van der Waals surface area contributed by atoms with Gasteiger partial charge in [0, 0.05) is 37.2 Å². The molecule has 1 aliphatic carbocycles. The Morgan fingerprint density at radius 2 is 2.12 bits per heavy atom. The molecular formula is C26H33N3O3S. The predicted molar refractivity (Wildman–Crippen MR) is 131 cm³/mol. The van der Waals surface area contributed by atoms with E-state index in [0.29, 0.717) is 23.8 Å². The second kappa shape index (κ2) is 11.6. The van der Waals surface area contributed by atoms with Crippen LogP contribution in [-0.4, -0.2) is 44.2 Å². The monoisotopic (exact) mass is 467 g/mol. The van der Waals surface area contributed by atoms with E-state index in [2.05, 4.69) is 16.3 Å². The number of anilines is 1. The number of hydrogen-bond donors (Lipinski definition) is 1. The number of nitrogens with zero attached hydrogens (tertiary/aromatic N) is 2. The number of thiophene rings is 1. The number of carbonyl (C=O) groups is 1. The molecule has 1 saturated carbocycles. The fourth-order valence-electron chi connectivity index (χ4n) is 4.89. The first-order chi connectivity index (χ1) is 16.2. The highest BCUT2D eigenvalue weighted by Crippen LogP contribution is 2.37. The molecule has 1 amide bonds. The average molecular weight is 468 g/mol. The van der Waals surface area contributed by atoms with Crippen molar-refractivity contribution in [2.45, 2.75) is 51.5 Å². The first kappa shape index (κ1) is 23.7. The molecule has 1 aromatic heterocycles. The topological polar surface area (TPSA) is 74.6 Å². The fraction of sp³-hybridized carbons (Fsp3) is 0.538. The molecule has 33 heavy (non-hydrogen) atoms. The Kier molecular flexibility index (Phi) is 8.38. The molecule has 0 radical (unpaired) electrons.